The number of carbonyl (C=O) groups is 2. The number of pyridine rings is 1. The Morgan fingerprint density at radius 3 is 2.46 bits per heavy atom. The van der Waals surface area contributed by atoms with Gasteiger partial charge in [-0.25, -0.2) is 0 Å². The van der Waals surface area contributed by atoms with Crippen molar-refractivity contribution in [3.8, 4) is 5.75 Å². The van der Waals surface area contributed by atoms with Crippen LogP contribution in [0.3, 0.4) is 0 Å². The Bertz CT molecular complexity index is 885. The van der Waals surface area contributed by atoms with Crippen molar-refractivity contribution in [2.24, 2.45) is 0 Å². The van der Waals surface area contributed by atoms with Gasteiger partial charge in [0.2, 0.25) is 0 Å². The van der Waals surface area contributed by atoms with Gasteiger partial charge in [0.05, 0.1) is 19.0 Å². The molecule has 0 radical (unpaired) electrons. The molecule has 1 aromatic heterocycles. The number of fused-ring (bicyclic) bond motifs is 1. The van der Waals surface area contributed by atoms with Gasteiger partial charge in [0.15, 0.2) is 5.78 Å². The number of Topliss-reactive ketones (excluding diaryl/α,β-unsaturated/α-hetero) is 2. The van der Waals surface area contributed by atoms with E-state index in [0.29, 0.717) is 17.0 Å². The van der Waals surface area contributed by atoms with Crippen molar-refractivity contribution in [1.29, 1.82) is 0 Å². The maximum Gasteiger partial charge on any atom is 0.170 e. The summed E-state index contributed by atoms with van der Waals surface area (Å²) in [5.74, 6) is 0.347. The SMILES string of the molecule is COc1ccc(C(=O)CC(=O)Cc2ccc3ccccc3n2)cc1. The highest BCUT2D eigenvalue weighted by Crippen LogP contribution is 2.15. The fourth-order valence-electron chi connectivity index (χ4n) is 2.53. The predicted octanol–water partition coefficient (Wildman–Crippen LogP) is 3.63. The molecular formula is C20H17NO3. The van der Waals surface area contributed by atoms with E-state index in [0.717, 1.165) is 10.9 Å². The molecule has 0 aliphatic carbocycles. The van der Waals surface area contributed by atoms with Crippen LogP contribution in [0.4, 0.5) is 0 Å². The molecule has 0 atom stereocenters. The number of aromatic nitrogens is 1. The zero-order valence-corrected chi connectivity index (χ0v) is 13.4. The number of methoxy groups -OCH3 is 1. The molecule has 24 heavy (non-hydrogen) atoms. The Morgan fingerprint density at radius 2 is 1.71 bits per heavy atom. The summed E-state index contributed by atoms with van der Waals surface area (Å²) in [5, 5.41) is 1.03. The number of rotatable bonds is 6. The van der Waals surface area contributed by atoms with E-state index in [1.807, 2.05) is 36.4 Å². The van der Waals surface area contributed by atoms with Crippen molar-refractivity contribution in [2.75, 3.05) is 7.11 Å². The van der Waals surface area contributed by atoms with Crippen molar-refractivity contribution >= 4 is 22.5 Å². The van der Waals surface area contributed by atoms with Gasteiger partial charge in [-0.15, -0.1) is 0 Å². The van der Waals surface area contributed by atoms with E-state index in [4.69, 9.17) is 4.74 Å². The molecule has 4 nitrogen and oxygen atoms in total. The van der Waals surface area contributed by atoms with Crippen LogP contribution in [0, 0.1) is 0 Å². The first-order chi connectivity index (χ1) is 11.7. The van der Waals surface area contributed by atoms with Crippen LogP contribution in [0.25, 0.3) is 10.9 Å². The highest BCUT2D eigenvalue weighted by atomic mass is 16.5. The van der Waals surface area contributed by atoms with Gasteiger partial charge in [-0.2, -0.15) is 0 Å². The molecule has 4 heteroatoms. The van der Waals surface area contributed by atoms with E-state index in [1.54, 1.807) is 31.4 Å². The second-order valence-electron chi connectivity index (χ2n) is 5.54. The predicted molar refractivity (Wildman–Crippen MR) is 92.4 cm³/mol. The lowest BCUT2D eigenvalue weighted by Crippen LogP contribution is -2.11. The van der Waals surface area contributed by atoms with Crippen molar-refractivity contribution < 1.29 is 14.3 Å². The topological polar surface area (TPSA) is 56.3 Å². The normalized spacial score (nSPS) is 10.5. The summed E-state index contributed by atoms with van der Waals surface area (Å²) < 4.78 is 5.06. The first kappa shape index (κ1) is 15.9. The number of carbonyl (C=O) groups excluding carboxylic acids is 2. The summed E-state index contributed by atoms with van der Waals surface area (Å²) in [7, 11) is 1.57. The Hall–Kier alpha value is -3.01. The van der Waals surface area contributed by atoms with Crippen molar-refractivity contribution in [3.63, 3.8) is 0 Å². The summed E-state index contributed by atoms with van der Waals surface area (Å²) >= 11 is 0. The van der Waals surface area contributed by atoms with Gasteiger partial charge >= 0.3 is 0 Å². The summed E-state index contributed by atoms with van der Waals surface area (Å²) in [5.41, 5.74) is 2.04. The Morgan fingerprint density at radius 1 is 0.958 bits per heavy atom. The molecular weight excluding hydrogens is 302 g/mol. The molecule has 0 amide bonds. The van der Waals surface area contributed by atoms with E-state index < -0.39 is 0 Å². The summed E-state index contributed by atoms with van der Waals surface area (Å²) in [6.07, 6.45) is 0.0353. The van der Waals surface area contributed by atoms with Crippen LogP contribution in [0.2, 0.25) is 0 Å². The molecule has 0 spiro atoms. The van der Waals surface area contributed by atoms with Gasteiger partial charge in [0.1, 0.15) is 11.5 Å². The lowest BCUT2D eigenvalue weighted by Gasteiger charge is -2.04. The molecule has 0 saturated carbocycles. The van der Waals surface area contributed by atoms with Crippen LogP contribution in [-0.2, 0) is 11.2 Å². The summed E-state index contributed by atoms with van der Waals surface area (Å²) in [4.78, 5) is 28.8. The second-order valence-corrected chi connectivity index (χ2v) is 5.54. The molecule has 0 aliphatic heterocycles. The molecule has 0 saturated heterocycles. The third-order valence-corrected chi connectivity index (χ3v) is 3.80. The highest BCUT2D eigenvalue weighted by molar-refractivity contribution is 6.08. The van der Waals surface area contributed by atoms with Crippen molar-refractivity contribution in [2.45, 2.75) is 12.8 Å². The third kappa shape index (κ3) is 3.66. The fraction of sp³-hybridized carbons (Fsp3) is 0.150. The zero-order valence-electron chi connectivity index (χ0n) is 13.4. The van der Waals surface area contributed by atoms with Gasteiger partial charge in [-0.3, -0.25) is 14.6 Å². The Kier molecular flexibility index (Phi) is 4.66. The lowest BCUT2D eigenvalue weighted by atomic mass is 10.0. The van der Waals surface area contributed by atoms with Gasteiger partial charge in [-0.1, -0.05) is 24.3 Å². The van der Waals surface area contributed by atoms with E-state index in [9.17, 15) is 9.59 Å². The van der Waals surface area contributed by atoms with Crippen molar-refractivity contribution in [3.05, 3.63) is 71.9 Å². The van der Waals surface area contributed by atoms with E-state index in [1.165, 1.54) is 0 Å². The van der Waals surface area contributed by atoms with Gasteiger partial charge in [0, 0.05) is 23.1 Å². The van der Waals surface area contributed by atoms with Gasteiger partial charge in [-0.05, 0) is 36.4 Å². The number of nitrogens with zero attached hydrogens (tertiary/aromatic N) is 1. The largest absolute Gasteiger partial charge is 0.497 e. The maximum atomic E-state index is 12.2. The quantitative estimate of drug-likeness (QED) is 0.514. The molecule has 0 fully saturated rings. The number of para-hydroxylation sites is 1. The van der Waals surface area contributed by atoms with Gasteiger partial charge < -0.3 is 4.74 Å². The number of hydrogen-bond donors (Lipinski definition) is 0. The van der Waals surface area contributed by atoms with E-state index >= 15 is 0 Å². The van der Waals surface area contributed by atoms with Crippen LogP contribution in [-0.4, -0.2) is 23.7 Å². The van der Waals surface area contributed by atoms with E-state index in [-0.39, 0.29) is 24.4 Å². The molecule has 0 unspecified atom stereocenters. The molecule has 0 aliphatic rings. The minimum absolute atomic E-state index is 0.124. The standard InChI is InChI=1S/C20H17NO3/c1-24-18-10-7-15(8-11-18)20(23)13-17(22)12-16-9-6-14-4-2-3-5-19(14)21-16/h2-11H,12-13H2,1H3. The van der Waals surface area contributed by atoms with Crippen LogP contribution in [0.5, 0.6) is 5.75 Å². The first-order valence-electron chi connectivity index (χ1n) is 7.69. The van der Waals surface area contributed by atoms with Crippen LogP contribution < -0.4 is 4.74 Å². The Balaban J connectivity index is 1.66. The number of ether oxygens (including phenoxy) is 1. The minimum Gasteiger partial charge on any atom is -0.497 e. The lowest BCUT2D eigenvalue weighted by molar-refractivity contribution is -0.117. The first-order valence-corrected chi connectivity index (χ1v) is 7.69. The average Bonchev–Trinajstić information content (AvgIpc) is 2.61. The third-order valence-electron chi connectivity index (χ3n) is 3.80. The second kappa shape index (κ2) is 7.04. The number of benzene rings is 2. The molecule has 3 rings (SSSR count). The van der Waals surface area contributed by atoms with Gasteiger partial charge in [0.25, 0.3) is 0 Å². The molecule has 2 aromatic carbocycles. The Labute approximate surface area is 140 Å². The summed E-state index contributed by atoms with van der Waals surface area (Å²) in [6, 6.07) is 18.3. The fourth-order valence-corrected chi connectivity index (χ4v) is 2.53. The monoisotopic (exact) mass is 319 g/mol. The highest BCUT2D eigenvalue weighted by Gasteiger charge is 2.13. The molecule has 3 aromatic rings. The average molecular weight is 319 g/mol. The number of ketones is 2. The zero-order chi connectivity index (χ0) is 16.9. The number of hydrogen-bond acceptors (Lipinski definition) is 4. The smallest absolute Gasteiger partial charge is 0.170 e. The van der Waals surface area contributed by atoms with Crippen LogP contribution >= 0.6 is 0 Å². The van der Waals surface area contributed by atoms with E-state index in [2.05, 4.69) is 4.98 Å². The summed E-state index contributed by atoms with van der Waals surface area (Å²) in [6.45, 7) is 0. The van der Waals surface area contributed by atoms with Crippen LogP contribution in [0.15, 0.2) is 60.7 Å². The molecule has 120 valence electrons. The maximum absolute atomic E-state index is 12.2. The van der Waals surface area contributed by atoms with Crippen molar-refractivity contribution in [1.82, 2.24) is 4.98 Å². The molecule has 0 bridgehead atoms. The molecule has 0 N–H and O–H groups in total. The van der Waals surface area contributed by atoms with Crippen LogP contribution in [0.1, 0.15) is 22.5 Å². The molecule has 1 heterocycles. The minimum atomic E-state index is -0.191.